The number of rotatable bonds is 26. The van der Waals surface area contributed by atoms with Crippen molar-refractivity contribution in [2.45, 2.75) is 145 Å². The van der Waals surface area contributed by atoms with Gasteiger partial charge in [0.05, 0.1) is 57.5 Å². The normalized spacial score (nSPS) is 12.5. The predicted molar refractivity (Wildman–Crippen MR) is 414 cm³/mol. The summed E-state index contributed by atoms with van der Waals surface area (Å²) in [5.74, 6) is -7.09. The number of aromatic amines is 4. The number of allylic oxidation sites excluding steroid dienone is 8. The number of nitrogens with one attached hydrogen (secondary N) is 4. The van der Waals surface area contributed by atoms with Crippen LogP contribution in [0.5, 0.6) is 0 Å². The van der Waals surface area contributed by atoms with E-state index in [0.717, 1.165) is 133 Å². The summed E-state index contributed by atoms with van der Waals surface area (Å²) < 4.78 is 0. The molecule has 4 aliphatic rings. The van der Waals surface area contributed by atoms with Crippen molar-refractivity contribution in [2.24, 2.45) is 44.4 Å². The first-order chi connectivity index (χ1) is 51.1. The maximum Gasteiger partial charge on any atom is 2.00 e. The molecule has 0 aliphatic carbocycles. The second-order valence-corrected chi connectivity index (χ2v) is 26.1. The molecule has 0 aromatic carbocycles. The van der Waals surface area contributed by atoms with Crippen LogP contribution in [-0.4, -0.2) is 113 Å². The van der Waals surface area contributed by atoms with Crippen LogP contribution in [0.1, 0.15) is 195 Å². The Morgan fingerprint density at radius 3 is 0.793 bits per heavy atom. The molecule has 16 N–H and O–H groups in total. The third-order valence-corrected chi connectivity index (χ3v) is 18.9. The molecule has 6 aromatic heterocycles. The van der Waals surface area contributed by atoms with Crippen molar-refractivity contribution < 1.29 is 118 Å². The minimum absolute atomic E-state index is 0. The van der Waals surface area contributed by atoms with E-state index < -0.39 is 47.9 Å². The number of aliphatic carboxylic acids is 6. The second kappa shape index (κ2) is 41.9. The van der Waals surface area contributed by atoms with Crippen LogP contribution in [-0.2, 0) is 87.2 Å². The van der Waals surface area contributed by atoms with Gasteiger partial charge in [-0.15, -0.1) is 0 Å². The van der Waals surface area contributed by atoms with E-state index in [1.807, 2.05) is 116 Å². The van der Waals surface area contributed by atoms with Crippen LogP contribution in [0.4, 0.5) is 0 Å². The summed E-state index contributed by atoms with van der Waals surface area (Å²) in [6.45, 7) is 32.7. The summed E-state index contributed by atoms with van der Waals surface area (Å²) >= 11 is 0. The number of carbonyl (C=O) groups is 6. The van der Waals surface area contributed by atoms with E-state index in [2.05, 4.69) is 56.2 Å². The van der Waals surface area contributed by atoms with Gasteiger partial charge in [0.25, 0.3) is 0 Å². The Morgan fingerprint density at radius 2 is 0.586 bits per heavy atom. The summed E-state index contributed by atoms with van der Waals surface area (Å²) in [6.07, 6.45) is 9.29. The SMILES string of the molecule is C=Cc1c(C)c2cc3[nH]c(cc4nc(cc5nc(cc1[nH]2)C(C)=C5CCC(=O)[O-])C(CCC(=O)[O-])=C4C)c(C)c3C=C.C=Cc1c(C)c2cc3[nH]c(cc4nc(cc5nc(cc1[nH]2)C(C)=C5CCC(=O)[O-])C(CCC(=O)[O-])=C4C)c(C)c3C=C.NC(N)=NCCC[C@H](N)C(=O)[O-].NC(N)=NCCC[C@H](N)C(=O)[O-].[Zn+2].[Zn+2].[Zn+2]. The van der Waals surface area contributed by atoms with Crippen LogP contribution in [0.2, 0.25) is 0 Å². The topological polar surface area (TPSA) is 536 Å². The Balaban J connectivity index is 0.000000355. The van der Waals surface area contributed by atoms with Crippen LogP contribution in [0, 0.1) is 27.7 Å². The van der Waals surface area contributed by atoms with Gasteiger partial charge >= 0.3 is 58.4 Å². The monoisotopic (exact) mass is 1660 g/mol. The number of carboxylic acids is 6. The minimum Gasteiger partial charge on any atom is -0.550 e. The number of carbonyl (C=O) groups excluding carboxylic acids is 6. The number of fused-ring (bicyclic) bond motifs is 16. The predicted octanol–water partition coefficient (Wildman–Crippen LogP) is 4.51. The number of H-pyrrole nitrogens is 4. The number of nitrogens with two attached hydrogens (primary N) is 6. The molecular weight excluding hydrogens is 1570 g/mol. The first kappa shape index (κ1) is 92.7. The number of hydrogen-bond acceptors (Lipinski definition) is 20. The van der Waals surface area contributed by atoms with Crippen molar-refractivity contribution in [2.75, 3.05) is 13.1 Å². The zero-order valence-corrected chi connectivity index (χ0v) is 72.9. The average molecular weight is 1660 g/mol. The van der Waals surface area contributed by atoms with Crippen molar-refractivity contribution in [1.82, 2.24) is 39.9 Å². The Morgan fingerprint density at radius 1 is 0.369 bits per heavy atom. The molecule has 0 saturated heterocycles. The number of carboxylic acid groups (broad SMARTS) is 6. The molecule has 10 heterocycles. The minimum atomic E-state index is -1.25. The Bertz CT molecular complexity index is 4880. The molecule has 2 atom stereocenters. The van der Waals surface area contributed by atoms with Gasteiger partial charge < -0.3 is 114 Å². The van der Waals surface area contributed by atoms with Gasteiger partial charge in [0.1, 0.15) is 0 Å². The molecule has 0 radical (unpaired) electrons. The Hall–Kier alpha value is -10.7. The third kappa shape index (κ3) is 23.7. The van der Waals surface area contributed by atoms with Crippen LogP contribution < -0.4 is 65.0 Å². The van der Waals surface area contributed by atoms with Gasteiger partial charge in [-0.2, -0.15) is 0 Å². The summed E-state index contributed by atoms with van der Waals surface area (Å²) in [7, 11) is 0. The summed E-state index contributed by atoms with van der Waals surface area (Å²) in [5, 5.41) is 65.8. The molecule has 0 fully saturated rings. The molecule has 0 amide bonds. The number of aryl methyl sites for hydroxylation is 4. The van der Waals surface area contributed by atoms with Crippen LogP contribution in [0.15, 0.2) is 84.8 Å². The maximum atomic E-state index is 11.4. The van der Waals surface area contributed by atoms with E-state index in [0.29, 0.717) is 84.3 Å². The van der Waals surface area contributed by atoms with Crippen LogP contribution in [0.3, 0.4) is 0 Å². The molecule has 111 heavy (non-hydrogen) atoms. The van der Waals surface area contributed by atoms with Crippen LogP contribution in [0.25, 0.3) is 113 Å². The van der Waals surface area contributed by atoms with Crippen molar-refractivity contribution >= 4 is 161 Å². The van der Waals surface area contributed by atoms with E-state index in [1.165, 1.54) is 0 Å². The van der Waals surface area contributed by atoms with Crippen molar-refractivity contribution in [3.63, 3.8) is 0 Å². The van der Waals surface area contributed by atoms with E-state index in [9.17, 15) is 59.4 Å². The fraction of sp³-hybridized carbons (Fsp3) is 0.300. The summed E-state index contributed by atoms with van der Waals surface area (Å²) in [4.78, 5) is 107. The molecule has 568 valence electrons. The number of nitrogens with zero attached hydrogens (tertiary/aromatic N) is 6. The molecule has 31 heteroatoms. The van der Waals surface area contributed by atoms with Gasteiger partial charge in [0, 0.05) is 115 Å². The average Bonchev–Trinajstić information content (AvgIpc) is 1.62. The fourth-order valence-electron chi connectivity index (χ4n) is 12.8. The van der Waals surface area contributed by atoms with Gasteiger partial charge in [-0.1, -0.05) is 50.6 Å². The quantitative estimate of drug-likeness (QED) is 0.0155. The molecular formula is C80H90N16O12Zn3. The van der Waals surface area contributed by atoms with Crippen LogP contribution >= 0.6 is 0 Å². The molecule has 28 nitrogen and oxygen atoms in total. The van der Waals surface area contributed by atoms with Gasteiger partial charge in [-0.3, -0.25) is 9.98 Å². The maximum absolute atomic E-state index is 11.4. The van der Waals surface area contributed by atoms with E-state index in [4.69, 9.17) is 54.3 Å². The van der Waals surface area contributed by atoms with E-state index in [-0.39, 0.29) is 122 Å². The molecule has 4 aliphatic heterocycles. The molecule has 0 spiro atoms. The zero-order chi connectivity index (χ0) is 79.7. The van der Waals surface area contributed by atoms with Crippen molar-refractivity contribution in [1.29, 1.82) is 0 Å². The fourth-order valence-corrected chi connectivity index (χ4v) is 12.8. The Kier molecular flexibility index (Phi) is 35.0. The first-order valence-electron chi connectivity index (χ1n) is 34.8. The molecule has 16 bridgehead atoms. The Labute approximate surface area is 680 Å². The zero-order valence-electron chi connectivity index (χ0n) is 64.0. The van der Waals surface area contributed by atoms with E-state index in [1.54, 1.807) is 12.2 Å². The van der Waals surface area contributed by atoms with Gasteiger partial charge in [0.2, 0.25) is 0 Å². The number of aromatic nitrogens is 8. The second-order valence-electron chi connectivity index (χ2n) is 26.1. The summed E-state index contributed by atoms with van der Waals surface area (Å²) in [5.41, 5.74) is 57.0. The number of hydrogen-bond donors (Lipinski definition) is 10. The van der Waals surface area contributed by atoms with Gasteiger partial charge in [-0.25, -0.2) is 19.9 Å². The largest absolute Gasteiger partial charge is 2.00 e. The van der Waals surface area contributed by atoms with Crippen molar-refractivity contribution in [3.8, 4) is 0 Å². The number of aliphatic imine (C=N–C) groups is 2. The van der Waals surface area contributed by atoms with Gasteiger partial charge in [-0.05, 0) is 248 Å². The first-order valence-corrected chi connectivity index (χ1v) is 34.8. The smallest absolute Gasteiger partial charge is 0.550 e. The standard InChI is InChI=1S/2C34H34N4O4.2C6H14N4O2.3Zn/c2*1-7-21-17(3)25-13-26-19(5)23(9-11-33(39)40)31(37-26)16-32-24(10-12-34(41)42)20(6)28(38-32)15-30-22(8-2)18(4)27(36-30)14-29(21)35-25;2*7-4(5(11)12)2-1-3-10-6(8)9;;;/h2*7-8,13-16,35-36H,1-2,9-12H2,3-6H3,(H,39,40)(H,41,42);2*4H,1-3,7H2,(H,11,12)(H4,8,9,10);;;/q;;;;3*+2/p-6/t;;2*4-;;;/m..00.../s1. The van der Waals surface area contributed by atoms with E-state index >= 15 is 0 Å². The van der Waals surface area contributed by atoms with Gasteiger partial charge in [0.15, 0.2) is 11.9 Å². The molecule has 10 rings (SSSR count). The molecule has 0 unspecified atom stereocenters. The van der Waals surface area contributed by atoms with Crippen molar-refractivity contribution in [3.05, 3.63) is 165 Å². The molecule has 6 aromatic rings. The number of guanidine groups is 2. The summed E-state index contributed by atoms with van der Waals surface area (Å²) in [6, 6.07) is 13.7. The molecule has 0 saturated carbocycles. The third-order valence-electron chi connectivity index (χ3n) is 18.9.